The minimum Gasteiger partial charge on any atom is -0.335 e. The van der Waals surface area contributed by atoms with Crippen LogP contribution in [-0.2, 0) is 0 Å². The lowest BCUT2D eigenvalue weighted by molar-refractivity contribution is 0.149. The SMILES string of the molecule is CN1CCN(C(=O)NC2CCC(NI)CC2)CC1. The predicted molar refractivity (Wildman–Crippen MR) is 80.8 cm³/mol. The second kappa shape index (κ2) is 6.91. The van der Waals surface area contributed by atoms with E-state index in [1.54, 1.807) is 0 Å². The third kappa shape index (κ3) is 3.96. The van der Waals surface area contributed by atoms with E-state index >= 15 is 0 Å². The van der Waals surface area contributed by atoms with E-state index in [0.29, 0.717) is 12.1 Å². The lowest BCUT2D eigenvalue weighted by atomic mass is 9.92. The molecule has 104 valence electrons. The van der Waals surface area contributed by atoms with Gasteiger partial charge in [0.1, 0.15) is 0 Å². The van der Waals surface area contributed by atoms with E-state index in [9.17, 15) is 4.79 Å². The normalized spacial score (nSPS) is 30.2. The van der Waals surface area contributed by atoms with Crippen molar-refractivity contribution in [3.63, 3.8) is 0 Å². The van der Waals surface area contributed by atoms with Crippen LogP contribution in [-0.4, -0.2) is 61.1 Å². The van der Waals surface area contributed by atoms with Crippen LogP contribution in [0.15, 0.2) is 0 Å². The first kappa shape index (κ1) is 14.3. The quantitative estimate of drug-likeness (QED) is 0.570. The van der Waals surface area contributed by atoms with Crippen LogP contribution in [0, 0.1) is 0 Å². The van der Waals surface area contributed by atoms with Gasteiger partial charge in [-0.2, -0.15) is 0 Å². The number of halogens is 1. The fraction of sp³-hybridized carbons (Fsp3) is 0.917. The van der Waals surface area contributed by atoms with Gasteiger partial charge in [-0.05, 0) is 32.7 Å². The Bertz CT molecular complexity index is 273. The zero-order valence-corrected chi connectivity index (χ0v) is 13.1. The molecular weight excluding hydrogens is 343 g/mol. The average Bonchev–Trinajstić information content (AvgIpc) is 2.40. The van der Waals surface area contributed by atoms with E-state index in [0.717, 1.165) is 51.9 Å². The lowest BCUT2D eigenvalue weighted by Gasteiger charge is -2.35. The highest BCUT2D eigenvalue weighted by Crippen LogP contribution is 2.19. The Morgan fingerprint density at radius 3 is 2.17 bits per heavy atom. The van der Waals surface area contributed by atoms with Crippen molar-refractivity contribution in [2.75, 3.05) is 33.2 Å². The summed E-state index contributed by atoms with van der Waals surface area (Å²) >= 11 is 2.23. The van der Waals surface area contributed by atoms with E-state index in [1.807, 2.05) is 4.90 Å². The minimum absolute atomic E-state index is 0.133. The van der Waals surface area contributed by atoms with Gasteiger partial charge in [-0.25, -0.2) is 4.79 Å². The molecule has 2 aliphatic rings. The van der Waals surface area contributed by atoms with Gasteiger partial charge in [0, 0.05) is 61.1 Å². The van der Waals surface area contributed by atoms with Gasteiger partial charge in [-0.15, -0.1) is 0 Å². The van der Waals surface area contributed by atoms with Gasteiger partial charge in [0.2, 0.25) is 0 Å². The molecule has 0 bridgehead atoms. The van der Waals surface area contributed by atoms with Gasteiger partial charge in [0.05, 0.1) is 0 Å². The number of rotatable bonds is 2. The molecule has 5 nitrogen and oxygen atoms in total. The maximum atomic E-state index is 12.1. The number of carbonyl (C=O) groups is 1. The summed E-state index contributed by atoms with van der Waals surface area (Å²) in [5.41, 5.74) is 0. The van der Waals surface area contributed by atoms with E-state index in [2.05, 4.69) is 43.7 Å². The van der Waals surface area contributed by atoms with Crippen molar-refractivity contribution in [3.05, 3.63) is 0 Å². The number of nitrogens with one attached hydrogen (secondary N) is 2. The molecule has 1 saturated heterocycles. The molecule has 0 aromatic rings. The van der Waals surface area contributed by atoms with Gasteiger partial charge >= 0.3 is 6.03 Å². The molecular formula is C12H23IN4O. The van der Waals surface area contributed by atoms with Crippen LogP contribution in [0.3, 0.4) is 0 Å². The van der Waals surface area contributed by atoms with Crippen LogP contribution in [0.4, 0.5) is 4.79 Å². The standard InChI is InChI=1S/C12H23IN4O/c1-16-6-8-17(9-7-16)12(18)14-10-2-4-11(15-13)5-3-10/h10-11,15H,2-9H2,1H3,(H,14,18). The number of urea groups is 1. The monoisotopic (exact) mass is 366 g/mol. The number of piperazine rings is 1. The first-order valence-electron chi connectivity index (χ1n) is 6.79. The maximum Gasteiger partial charge on any atom is 0.317 e. The Labute approximate surface area is 123 Å². The average molecular weight is 366 g/mol. The van der Waals surface area contributed by atoms with Gasteiger partial charge in [0.25, 0.3) is 0 Å². The van der Waals surface area contributed by atoms with Crippen LogP contribution in [0.2, 0.25) is 0 Å². The molecule has 0 aromatic carbocycles. The molecule has 1 aliphatic heterocycles. The second-order valence-electron chi connectivity index (χ2n) is 5.40. The zero-order valence-electron chi connectivity index (χ0n) is 11.0. The number of likely N-dealkylation sites (N-methyl/N-ethyl adjacent to an activating group) is 1. The highest BCUT2D eigenvalue weighted by Gasteiger charge is 2.25. The zero-order chi connectivity index (χ0) is 13.0. The Morgan fingerprint density at radius 2 is 1.61 bits per heavy atom. The van der Waals surface area contributed by atoms with Crippen LogP contribution < -0.4 is 8.85 Å². The van der Waals surface area contributed by atoms with Crippen molar-refractivity contribution in [1.82, 2.24) is 18.6 Å². The smallest absolute Gasteiger partial charge is 0.317 e. The summed E-state index contributed by atoms with van der Waals surface area (Å²) in [6.45, 7) is 3.68. The Hall–Kier alpha value is -0.0800. The highest BCUT2D eigenvalue weighted by molar-refractivity contribution is 14.1. The highest BCUT2D eigenvalue weighted by atomic mass is 127. The minimum atomic E-state index is 0.133. The van der Waals surface area contributed by atoms with Crippen molar-refractivity contribution >= 4 is 28.9 Å². The lowest BCUT2D eigenvalue weighted by Crippen LogP contribution is -2.53. The Kier molecular flexibility index (Phi) is 5.50. The van der Waals surface area contributed by atoms with E-state index in [-0.39, 0.29) is 6.03 Å². The molecule has 6 heteroatoms. The summed E-state index contributed by atoms with van der Waals surface area (Å²) in [6, 6.07) is 1.13. The number of amides is 2. The maximum absolute atomic E-state index is 12.1. The van der Waals surface area contributed by atoms with Crippen molar-refractivity contribution in [2.45, 2.75) is 37.8 Å². The van der Waals surface area contributed by atoms with Gasteiger partial charge < -0.3 is 15.1 Å². The summed E-state index contributed by atoms with van der Waals surface area (Å²) in [5.74, 6) is 0. The summed E-state index contributed by atoms with van der Waals surface area (Å²) in [5, 5.41) is 3.19. The molecule has 0 spiro atoms. The molecule has 1 aliphatic carbocycles. The van der Waals surface area contributed by atoms with Crippen LogP contribution >= 0.6 is 22.9 Å². The second-order valence-corrected chi connectivity index (χ2v) is 6.02. The number of nitrogens with zero attached hydrogens (tertiary/aromatic N) is 2. The molecule has 2 fully saturated rings. The van der Waals surface area contributed by atoms with E-state index in [4.69, 9.17) is 0 Å². The van der Waals surface area contributed by atoms with E-state index < -0.39 is 0 Å². The molecule has 2 rings (SSSR count). The number of hydrogen-bond acceptors (Lipinski definition) is 3. The number of hydrogen-bond donors (Lipinski definition) is 2. The third-order valence-corrected chi connectivity index (χ3v) is 4.88. The topological polar surface area (TPSA) is 47.6 Å². The van der Waals surface area contributed by atoms with Crippen molar-refractivity contribution < 1.29 is 4.79 Å². The van der Waals surface area contributed by atoms with Gasteiger partial charge in [-0.1, -0.05) is 0 Å². The summed E-state index contributed by atoms with van der Waals surface area (Å²) < 4.78 is 3.29. The van der Waals surface area contributed by atoms with Crippen molar-refractivity contribution in [2.24, 2.45) is 0 Å². The fourth-order valence-electron chi connectivity index (χ4n) is 2.62. The largest absolute Gasteiger partial charge is 0.335 e. The Morgan fingerprint density at radius 1 is 1.06 bits per heavy atom. The predicted octanol–water partition coefficient (Wildman–Crippen LogP) is 1.19. The number of carbonyl (C=O) groups excluding carboxylic acids is 1. The molecule has 2 amide bonds. The van der Waals surface area contributed by atoms with Crippen molar-refractivity contribution in [1.29, 1.82) is 0 Å². The van der Waals surface area contributed by atoms with Crippen LogP contribution in [0.1, 0.15) is 25.7 Å². The molecule has 0 aromatic heterocycles. The summed E-state index contributed by atoms with van der Waals surface area (Å²) in [4.78, 5) is 16.3. The molecule has 0 atom stereocenters. The fourth-order valence-corrected chi connectivity index (χ4v) is 3.25. The van der Waals surface area contributed by atoms with Gasteiger partial charge in [0.15, 0.2) is 0 Å². The van der Waals surface area contributed by atoms with Crippen LogP contribution in [0.5, 0.6) is 0 Å². The molecule has 1 heterocycles. The first-order chi connectivity index (χ1) is 8.69. The molecule has 2 N–H and O–H groups in total. The first-order valence-corrected chi connectivity index (χ1v) is 7.87. The molecule has 0 radical (unpaired) electrons. The van der Waals surface area contributed by atoms with Gasteiger partial charge in [-0.3, -0.25) is 3.53 Å². The molecule has 0 unspecified atom stereocenters. The summed E-state index contributed by atoms with van der Waals surface area (Å²) in [6.07, 6.45) is 4.52. The summed E-state index contributed by atoms with van der Waals surface area (Å²) in [7, 11) is 2.10. The van der Waals surface area contributed by atoms with Crippen LogP contribution in [0.25, 0.3) is 0 Å². The molecule has 1 saturated carbocycles. The Balaban J connectivity index is 1.71. The van der Waals surface area contributed by atoms with Crippen molar-refractivity contribution in [3.8, 4) is 0 Å². The third-order valence-electron chi connectivity index (χ3n) is 4.00. The van der Waals surface area contributed by atoms with E-state index in [1.165, 1.54) is 0 Å². The molecule has 18 heavy (non-hydrogen) atoms.